The van der Waals surface area contributed by atoms with E-state index in [0.717, 1.165) is 12.8 Å². The topological polar surface area (TPSA) is 63.2 Å². The Morgan fingerprint density at radius 2 is 1.79 bits per heavy atom. The summed E-state index contributed by atoms with van der Waals surface area (Å²) in [5.41, 5.74) is 0. The van der Waals surface area contributed by atoms with E-state index in [0.29, 0.717) is 0 Å². The molecule has 3 aliphatic rings. The first-order valence-corrected chi connectivity index (χ1v) is 9.29. The summed E-state index contributed by atoms with van der Waals surface area (Å²) in [4.78, 5) is 12.8. The Bertz CT molecular complexity index is 451. The molecule has 0 aliphatic carbocycles. The fourth-order valence-electron chi connectivity index (χ4n) is 3.61. The van der Waals surface area contributed by atoms with Crippen LogP contribution in [0.4, 0.5) is 0 Å². The van der Waals surface area contributed by atoms with Gasteiger partial charge in [-0.05, 0) is 26.7 Å². The van der Waals surface area contributed by atoms with E-state index in [-0.39, 0.29) is 31.4 Å². The third kappa shape index (κ3) is 3.83. The number of rotatable bonds is 7. The van der Waals surface area contributed by atoms with E-state index in [9.17, 15) is 4.79 Å². The monoisotopic (exact) mass is 342 g/mol. The van der Waals surface area contributed by atoms with Crippen molar-refractivity contribution in [1.82, 2.24) is 0 Å². The van der Waals surface area contributed by atoms with E-state index >= 15 is 0 Å². The lowest BCUT2D eigenvalue weighted by molar-refractivity contribution is -0.245. The van der Waals surface area contributed by atoms with Gasteiger partial charge < -0.3 is 23.7 Å². The lowest BCUT2D eigenvalue weighted by atomic mass is 9.99. The minimum atomic E-state index is -1.31. The lowest BCUT2D eigenvalue weighted by Gasteiger charge is -2.34. The van der Waals surface area contributed by atoms with E-state index in [1.54, 1.807) is 13.8 Å². The maximum Gasteiger partial charge on any atom is 0.258 e. The quantitative estimate of drug-likeness (QED) is 0.663. The number of ketones is 1. The van der Waals surface area contributed by atoms with Gasteiger partial charge in [0.05, 0.1) is 6.61 Å². The molecule has 3 fully saturated rings. The first-order chi connectivity index (χ1) is 11.5. The van der Waals surface area contributed by atoms with Crippen molar-refractivity contribution in [2.24, 2.45) is 0 Å². The number of Topliss-reactive ketones (excluding diaryl/α,β-unsaturated/α-hetero) is 1. The number of hydrogen-bond donors (Lipinski definition) is 0. The molecule has 0 bridgehead atoms. The molecule has 0 aromatic carbocycles. The number of carbonyl (C=O) groups excluding carboxylic acids is 1. The van der Waals surface area contributed by atoms with Crippen molar-refractivity contribution in [3.05, 3.63) is 0 Å². The van der Waals surface area contributed by atoms with Gasteiger partial charge in [-0.15, -0.1) is 0 Å². The van der Waals surface area contributed by atoms with Gasteiger partial charge in [0, 0.05) is 0 Å². The van der Waals surface area contributed by atoms with Gasteiger partial charge in [-0.3, -0.25) is 4.79 Å². The second kappa shape index (κ2) is 7.38. The molecule has 3 saturated heterocycles. The molecule has 0 aromatic rings. The highest BCUT2D eigenvalue weighted by atomic mass is 16.8. The molecule has 0 radical (unpaired) electrons. The van der Waals surface area contributed by atoms with Crippen LogP contribution < -0.4 is 0 Å². The van der Waals surface area contributed by atoms with Gasteiger partial charge in [0.1, 0.15) is 12.7 Å². The summed E-state index contributed by atoms with van der Waals surface area (Å²) < 4.78 is 28.7. The average molecular weight is 342 g/mol. The van der Waals surface area contributed by atoms with E-state index in [1.807, 2.05) is 0 Å². The predicted octanol–water partition coefficient (Wildman–Crippen LogP) is 2.93. The molecule has 0 amide bonds. The third-order valence-corrected chi connectivity index (χ3v) is 4.87. The van der Waals surface area contributed by atoms with Gasteiger partial charge >= 0.3 is 0 Å². The molecule has 6 heteroatoms. The molecule has 4 atom stereocenters. The molecule has 0 aromatic heterocycles. The number of carbonyl (C=O) groups is 1. The second-order valence-electron chi connectivity index (χ2n) is 7.44. The Morgan fingerprint density at radius 3 is 2.58 bits per heavy atom. The maximum absolute atomic E-state index is 12.8. The fourth-order valence-corrected chi connectivity index (χ4v) is 3.61. The van der Waals surface area contributed by atoms with Crippen LogP contribution in [0.5, 0.6) is 0 Å². The fraction of sp³-hybridized carbons (Fsp3) is 0.944. The number of unbranched alkanes of at least 4 members (excludes halogenated alkanes) is 5. The molecule has 0 saturated carbocycles. The Labute approximate surface area is 144 Å². The van der Waals surface area contributed by atoms with E-state index in [1.165, 1.54) is 32.1 Å². The van der Waals surface area contributed by atoms with Crippen molar-refractivity contribution in [2.45, 2.75) is 95.8 Å². The van der Waals surface area contributed by atoms with Crippen molar-refractivity contribution in [1.29, 1.82) is 0 Å². The van der Waals surface area contributed by atoms with Gasteiger partial charge in [0.25, 0.3) is 5.79 Å². The van der Waals surface area contributed by atoms with Crippen LogP contribution in [-0.4, -0.2) is 49.1 Å². The minimum Gasteiger partial charge on any atom is -0.346 e. The number of ether oxygens (including phenoxy) is 5. The molecule has 24 heavy (non-hydrogen) atoms. The van der Waals surface area contributed by atoms with Crippen LogP contribution >= 0.6 is 0 Å². The van der Waals surface area contributed by atoms with Crippen LogP contribution in [0.3, 0.4) is 0 Å². The lowest BCUT2D eigenvalue weighted by Crippen LogP contribution is -2.58. The van der Waals surface area contributed by atoms with Crippen molar-refractivity contribution >= 4 is 5.78 Å². The number of hydrogen-bond acceptors (Lipinski definition) is 6. The summed E-state index contributed by atoms with van der Waals surface area (Å²) in [6, 6.07) is 0. The van der Waals surface area contributed by atoms with Gasteiger partial charge in [0.15, 0.2) is 18.2 Å². The molecule has 4 unspecified atom stereocenters. The van der Waals surface area contributed by atoms with Gasteiger partial charge in [-0.1, -0.05) is 39.0 Å². The molecule has 3 rings (SSSR count). The molecule has 6 nitrogen and oxygen atoms in total. The summed E-state index contributed by atoms with van der Waals surface area (Å²) in [6.07, 6.45) is 6.70. The van der Waals surface area contributed by atoms with E-state index < -0.39 is 17.7 Å². The van der Waals surface area contributed by atoms with Gasteiger partial charge in [0.2, 0.25) is 5.78 Å². The smallest absolute Gasteiger partial charge is 0.258 e. The zero-order valence-electron chi connectivity index (χ0n) is 15.0. The molecule has 138 valence electrons. The molecule has 0 N–H and O–H groups in total. The largest absolute Gasteiger partial charge is 0.346 e. The molecular formula is C18H30O6. The van der Waals surface area contributed by atoms with Crippen LogP contribution in [0.1, 0.15) is 65.7 Å². The Kier molecular flexibility index (Phi) is 5.62. The standard InChI is InChI=1S/C18H30O6/c1-4-5-6-7-8-9-10-14-20-12-18(23-14)16(19)15-13(11-21-18)22-17(2,3)24-15/h13-15H,4-12H2,1-3H3. The zero-order chi connectivity index (χ0) is 17.2. The summed E-state index contributed by atoms with van der Waals surface area (Å²) in [7, 11) is 0. The van der Waals surface area contributed by atoms with Gasteiger partial charge in [-0.2, -0.15) is 0 Å². The Balaban J connectivity index is 1.47. The second-order valence-corrected chi connectivity index (χ2v) is 7.44. The zero-order valence-corrected chi connectivity index (χ0v) is 15.0. The van der Waals surface area contributed by atoms with Crippen LogP contribution in [0, 0.1) is 0 Å². The van der Waals surface area contributed by atoms with Crippen molar-refractivity contribution in [3.63, 3.8) is 0 Å². The molecule has 3 aliphatic heterocycles. The van der Waals surface area contributed by atoms with E-state index in [4.69, 9.17) is 23.7 Å². The van der Waals surface area contributed by atoms with Crippen LogP contribution in [0.2, 0.25) is 0 Å². The highest BCUT2D eigenvalue weighted by molar-refractivity contribution is 5.92. The normalized spacial score (nSPS) is 38.0. The van der Waals surface area contributed by atoms with Crippen molar-refractivity contribution < 1.29 is 28.5 Å². The predicted molar refractivity (Wildman–Crippen MR) is 86.3 cm³/mol. The SMILES string of the molecule is CCCCCCCCC1OCC2(OCC3OC(C)(C)OC3C2=O)O1. The van der Waals surface area contributed by atoms with Crippen molar-refractivity contribution in [2.75, 3.05) is 13.2 Å². The average Bonchev–Trinajstić information content (AvgIpc) is 3.09. The Hall–Kier alpha value is -0.530. The molecule has 1 spiro atoms. The van der Waals surface area contributed by atoms with Crippen molar-refractivity contribution in [3.8, 4) is 0 Å². The minimum absolute atomic E-state index is 0.138. The van der Waals surface area contributed by atoms with Gasteiger partial charge in [-0.25, -0.2) is 0 Å². The van der Waals surface area contributed by atoms with Crippen LogP contribution in [-0.2, 0) is 28.5 Å². The van der Waals surface area contributed by atoms with E-state index in [2.05, 4.69) is 6.92 Å². The summed E-state index contributed by atoms with van der Waals surface area (Å²) in [5.74, 6) is -2.29. The maximum atomic E-state index is 12.8. The first-order valence-electron chi connectivity index (χ1n) is 9.29. The van der Waals surface area contributed by atoms with Crippen LogP contribution in [0.15, 0.2) is 0 Å². The van der Waals surface area contributed by atoms with Crippen LogP contribution in [0.25, 0.3) is 0 Å². The molecule has 3 heterocycles. The highest BCUT2D eigenvalue weighted by Crippen LogP contribution is 2.39. The first kappa shape index (κ1) is 18.3. The third-order valence-electron chi connectivity index (χ3n) is 4.87. The summed E-state index contributed by atoms with van der Waals surface area (Å²) in [5, 5.41) is 0. The number of fused-ring (bicyclic) bond motifs is 1. The Morgan fingerprint density at radius 1 is 1.04 bits per heavy atom. The summed E-state index contributed by atoms with van der Waals surface area (Å²) >= 11 is 0. The molecular weight excluding hydrogens is 312 g/mol. The highest BCUT2D eigenvalue weighted by Gasteiger charge is 2.60. The summed E-state index contributed by atoms with van der Waals surface area (Å²) in [6.45, 7) is 6.25.